The first-order valence-corrected chi connectivity index (χ1v) is 9.61. The zero-order valence-corrected chi connectivity index (χ0v) is 15.2. The number of piperidine rings is 1. The van der Waals surface area contributed by atoms with E-state index in [2.05, 4.69) is 21.8 Å². The molecule has 2 fully saturated rings. The van der Waals surface area contributed by atoms with Gasteiger partial charge in [0.05, 0.1) is 5.60 Å². The number of aryl methyl sites for hydroxylation is 1. The fourth-order valence-corrected chi connectivity index (χ4v) is 4.60. The summed E-state index contributed by atoms with van der Waals surface area (Å²) in [7, 11) is 0. The van der Waals surface area contributed by atoms with Crippen molar-refractivity contribution in [1.82, 2.24) is 14.9 Å². The number of hydrogen-bond donors (Lipinski definition) is 1. The number of rotatable bonds is 5. The van der Waals surface area contributed by atoms with E-state index in [-0.39, 0.29) is 5.82 Å². The molecule has 1 aromatic heterocycles. The molecule has 3 heterocycles. The molecule has 0 saturated carbocycles. The normalized spacial score (nSPS) is 28.4. The highest BCUT2D eigenvalue weighted by Crippen LogP contribution is 2.46. The predicted octanol–water partition coefficient (Wildman–Crippen LogP) is 3.58. The van der Waals surface area contributed by atoms with Crippen molar-refractivity contribution < 1.29 is 9.50 Å². The summed E-state index contributed by atoms with van der Waals surface area (Å²) in [4.78, 5) is 11.4. The van der Waals surface area contributed by atoms with Crippen molar-refractivity contribution in [1.29, 1.82) is 0 Å². The topological polar surface area (TPSA) is 49.2 Å². The molecule has 2 atom stereocenters. The first-order valence-electron chi connectivity index (χ1n) is 9.61. The Morgan fingerprint density at radius 1 is 1.12 bits per heavy atom. The van der Waals surface area contributed by atoms with Crippen LogP contribution in [0.25, 0.3) is 0 Å². The van der Waals surface area contributed by atoms with Gasteiger partial charge in [0.15, 0.2) is 0 Å². The molecule has 138 valence electrons. The number of fused-ring (bicyclic) bond motifs is 2. The molecule has 2 aliphatic heterocycles. The van der Waals surface area contributed by atoms with Crippen LogP contribution in [0.3, 0.4) is 0 Å². The summed E-state index contributed by atoms with van der Waals surface area (Å²) in [5.41, 5.74) is 1.12. The van der Waals surface area contributed by atoms with Gasteiger partial charge >= 0.3 is 0 Å². The van der Waals surface area contributed by atoms with Crippen molar-refractivity contribution in [3.8, 4) is 0 Å². The zero-order valence-electron chi connectivity index (χ0n) is 15.2. The fourth-order valence-electron chi connectivity index (χ4n) is 4.60. The molecule has 0 spiro atoms. The number of hydrogen-bond acceptors (Lipinski definition) is 4. The van der Waals surface area contributed by atoms with E-state index in [1.165, 1.54) is 12.1 Å². The minimum atomic E-state index is -0.850. The molecular formula is C21H26FN3O. The van der Waals surface area contributed by atoms with Gasteiger partial charge in [-0.2, -0.15) is 0 Å². The lowest BCUT2D eigenvalue weighted by atomic mass is 9.80. The molecule has 0 amide bonds. The minimum Gasteiger partial charge on any atom is -0.385 e. The van der Waals surface area contributed by atoms with Crippen molar-refractivity contribution in [2.75, 3.05) is 0 Å². The number of halogens is 1. The van der Waals surface area contributed by atoms with Gasteiger partial charge in [-0.05, 0) is 49.8 Å². The Kier molecular flexibility index (Phi) is 4.76. The Morgan fingerprint density at radius 3 is 2.31 bits per heavy atom. The Hall–Kier alpha value is -1.85. The van der Waals surface area contributed by atoms with E-state index in [0.29, 0.717) is 24.9 Å². The summed E-state index contributed by atoms with van der Waals surface area (Å²) in [6.45, 7) is 2.96. The van der Waals surface area contributed by atoms with Gasteiger partial charge in [-0.15, -0.1) is 0 Å². The van der Waals surface area contributed by atoms with E-state index in [1.807, 2.05) is 12.4 Å². The molecule has 1 aromatic carbocycles. The lowest BCUT2D eigenvalue weighted by Gasteiger charge is -2.44. The standard InChI is InChI=1S/C21H26FN3O/c1-2-3-20-23-12-15(13-24-20)14-25-18-8-9-19(25)11-21(26,10-18)16-4-6-17(22)7-5-16/h4-7,12-13,18-19,26H,2-3,8-11,14H2,1H3/t18-,19-/m0/s1. The number of benzene rings is 1. The van der Waals surface area contributed by atoms with Crippen molar-refractivity contribution in [2.24, 2.45) is 0 Å². The molecule has 4 rings (SSSR count). The highest BCUT2D eigenvalue weighted by Gasteiger charge is 2.48. The van der Waals surface area contributed by atoms with E-state index < -0.39 is 5.60 Å². The molecule has 5 heteroatoms. The Morgan fingerprint density at radius 2 is 1.73 bits per heavy atom. The maximum atomic E-state index is 13.2. The SMILES string of the molecule is CCCc1ncc(CN2[C@H]3CC[C@H]2CC(O)(c2ccc(F)cc2)C3)cn1. The molecule has 0 radical (unpaired) electrons. The van der Waals surface area contributed by atoms with Gasteiger partial charge in [0.2, 0.25) is 0 Å². The monoisotopic (exact) mass is 355 g/mol. The highest BCUT2D eigenvalue weighted by atomic mass is 19.1. The van der Waals surface area contributed by atoms with Crippen LogP contribution in [0, 0.1) is 5.82 Å². The molecular weight excluding hydrogens is 329 g/mol. The molecule has 2 aromatic rings. The van der Waals surface area contributed by atoms with E-state index in [9.17, 15) is 9.50 Å². The minimum absolute atomic E-state index is 0.260. The quantitative estimate of drug-likeness (QED) is 0.891. The molecule has 2 saturated heterocycles. The van der Waals surface area contributed by atoms with Crippen LogP contribution in [0.1, 0.15) is 56.0 Å². The summed E-state index contributed by atoms with van der Waals surface area (Å²) >= 11 is 0. The van der Waals surface area contributed by atoms with Crippen LogP contribution >= 0.6 is 0 Å². The van der Waals surface area contributed by atoms with Gasteiger partial charge in [0, 0.05) is 43.0 Å². The van der Waals surface area contributed by atoms with E-state index >= 15 is 0 Å². The summed E-state index contributed by atoms with van der Waals surface area (Å²) < 4.78 is 13.2. The maximum absolute atomic E-state index is 13.2. The van der Waals surface area contributed by atoms with Gasteiger partial charge in [-0.3, -0.25) is 4.90 Å². The van der Waals surface area contributed by atoms with E-state index in [4.69, 9.17) is 0 Å². The van der Waals surface area contributed by atoms with Gasteiger partial charge < -0.3 is 5.11 Å². The average Bonchev–Trinajstić information content (AvgIpc) is 2.87. The van der Waals surface area contributed by atoms with Crippen molar-refractivity contribution >= 4 is 0 Å². The summed E-state index contributed by atoms with van der Waals surface area (Å²) in [6, 6.07) is 7.03. The molecule has 4 nitrogen and oxygen atoms in total. The third-order valence-corrected chi connectivity index (χ3v) is 5.90. The number of nitrogens with zero attached hydrogens (tertiary/aromatic N) is 3. The molecule has 2 bridgehead atoms. The first kappa shape index (κ1) is 17.6. The molecule has 0 unspecified atom stereocenters. The second-order valence-corrected chi connectivity index (χ2v) is 7.76. The highest BCUT2D eigenvalue weighted by molar-refractivity contribution is 5.26. The van der Waals surface area contributed by atoms with Crippen LogP contribution in [-0.2, 0) is 18.6 Å². The summed E-state index contributed by atoms with van der Waals surface area (Å²) in [5.74, 6) is 0.646. The van der Waals surface area contributed by atoms with Gasteiger partial charge in [0.1, 0.15) is 11.6 Å². The van der Waals surface area contributed by atoms with Gasteiger partial charge in [-0.25, -0.2) is 14.4 Å². The van der Waals surface area contributed by atoms with Crippen LogP contribution in [0.5, 0.6) is 0 Å². The van der Waals surface area contributed by atoms with Crippen LogP contribution in [0.4, 0.5) is 4.39 Å². The lowest BCUT2D eigenvalue weighted by molar-refractivity contribution is -0.0595. The first-order chi connectivity index (χ1) is 12.6. The second-order valence-electron chi connectivity index (χ2n) is 7.76. The zero-order chi connectivity index (χ0) is 18.1. The third kappa shape index (κ3) is 3.38. The smallest absolute Gasteiger partial charge is 0.128 e. The molecule has 26 heavy (non-hydrogen) atoms. The lowest BCUT2D eigenvalue weighted by Crippen LogP contribution is -2.49. The largest absolute Gasteiger partial charge is 0.385 e. The average molecular weight is 355 g/mol. The third-order valence-electron chi connectivity index (χ3n) is 5.90. The van der Waals surface area contributed by atoms with Gasteiger partial charge in [0.25, 0.3) is 0 Å². The van der Waals surface area contributed by atoms with Crippen molar-refractivity contribution in [3.05, 3.63) is 59.4 Å². The summed E-state index contributed by atoms with van der Waals surface area (Å²) in [6.07, 6.45) is 9.45. The predicted molar refractivity (Wildman–Crippen MR) is 97.9 cm³/mol. The van der Waals surface area contributed by atoms with Crippen molar-refractivity contribution in [2.45, 2.75) is 69.7 Å². The molecule has 1 N–H and O–H groups in total. The van der Waals surface area contributed by atoms with Crippen LogP contribution in [0.15, 0.2) is 36.7 Å². The van der Waals surface area contributed by atoms with Gasteiger partial charge in [-0.1, -0.05) is 19.1 Å². The van der Waals surface area contributed by atoms with Crippen LogP contribution < -0.4 is 0 Å². The van der Waals surface area contributed by atoms with Crippen molar-refractivity contribution in [3.63, 3.8) is 0 Å². The summed E-state index contributed by atoms with van der Waals surface area (Å²) in [5, 5.41) is 11.2. The number of aromatic nitrogens is 2. The molecule has 2 aliphatic rings. The van der Waals surface area contributed by atoms with E-state index in [0.717, 1.165) is 49.2 Å². The fraction of sp³-hybridized carbons (Fsp3) is 0.524. The number of aliphatic hydroxyl groups is 1. The van der Waals surface area contributed by atoms with E-state index in [1.54, 1.807) is 12.1 Å². The second kappa shape index (κ2) is 7.05. The Balaban J connectivity index is 1.47. The Bertz CT molecular complexity index is 733. The molecule has 0 aliphatic carbocycles. The van der Waals surface area contributed by atoms with Crippen LogP contribution in [-0.4, -0.2) is 32.1 Å². The Labute approximate surface area is 154 Å². The maximum Gasteiger partial charge on any atom is 0.128 e. The van der Waals surface area contributed by atoms with Crippen LogP contribution in [0.2, 0.25) is 0 Å².